The summed E-state index contributed by atoms with van der Waals surface area (Å²) in [7, 11) is 0. The highest BCUT2D eigenvalue weighted by Gasteiger charge is 2.15. The zero-order valence-electron chi connectivity index (χ0n) is 10.2. The number of anilines is 1. The van der Waals surface area contributed by atoms with Crippen LogP contribution < -0.4 is 5.73 Å². The third-order valence-corrected chi connectivity index (χ3v) is 4.21. The van der Waals surface area contributed by atoms with E-state index in [1.54, 1.807) is 16.8 Å². The van der Waals surface area contributed by atoms with Gasteiger partial charge in [-0.2, -0.15) is 4.68 Å². The summed E-state index contributed by atoms with van der Waals surface area (Å²) in [6.07, 6.45) is 0. The first kappa shape index (κ1) is 13.1. The van der Waals surface area contributed by atoms with Crippen molar-refractivity contribution < 1.29 is 0 Å². The van der Waals surface area contributed by atoms with E-state index in [4.69, 9.17) is 17.3 Å². The summed E-state index contributed by atoms with van der Waals surface area (Å²) in [5.41, 5.74) is 8.11. The van der Waals surface area contributed by atoms with Gasteiger partial charge in [0.15, 0.2) is 5.82 Å². The molecule has 0 radical (unpaired) electrons. The molecule has 7 heteroatoms. The molecule has 100 valence electrons. The van der Waals surface area contributed by atoms with Crippen molar-refractivity contribution in [3.05, 3.63) is 52.0 Å². The topological polar surface area (TPSA) is 69.6 Å². The van der Waals surface area contributed by atoms with Gasteiger partial charge in [-0.25, -0.2) is 0 Å². The van der Waals surface area contributed by atoms with Gasteiger partial charge in [0.1, 0.15) is 0 Å². The summed E-state index contributed by atoms with van der Waals surface area (Å²) in [5, 5.41) is 12.4. The molecule has 20 heavy (non-hydrogen) atoms. The van der Waals surface area contributed by atoms with Gasteiger partial charge in [0, 0.05) is 11.3 Å². The maximum absolute atomic E-state index is 6.11. The Morgan fingerprint density at radius 2 is 1.90 bits per heavy atom. The number of hydrogen-bond donors (Lipinski definition) is 1. The molecule has 0 saturated heterocycles. The van der Waals surface area contributed by atoms with Gasteiger partial charge in [0.05, 0.1) is 15.2 Å². The van der Waals surface area contributed by atoms with Gasteiger partial charge in [-0.05, 0) is 50.6 Å². The average Bonchev–Trinajstić information content (AvgIpc) is 2.91. The van der Waals surface area contributed by atoms with Crippen molar-refractivity contribution in [2.45, 2.75) is 0 Å². The first-order valence-corrected chi connectivity index (χ1v) is 6.93. The molecule has 3 rings (SSSR count). The summed E-state index contributed by atoms with van der Waals surface area (Å²) >= 11 is 9.55. The Morgan fingerprint density at radius 1 is 1.10 bits per heavy atom. The number of hydrogen-bond acceptors (Lipinski definition) is 4. The van der Waals surface area contributed by atoms with Crippen molar-refractivity contribution in [2.24, 2.45) is 0 Å². The lowest BCUT2D eigenvalue weighted by atomic mass is 10.1. The van der Waals surface area contributed by atoms with Crippen LogP contribution in [0, 0.1) is 0 Å². The van der Waals surface area contributed by atoms with Gasteiger partial charge in [0.25, 0.3) is 0 Å². The van der Waals surface area contributed by atoms with E-state index in [9.17, 15) is 0 Å². The molecule has 5 nitrogen and oxygen atoms in total. The first-order chi connectivity index (χ1) is 9.68. The Bertz CT molecular complexity index is 771. The van der Waals surface area contributed by atoms with Crippen LogP contribution in [0.2, 0.25) is 5.02 Å². The summed E-state index contributed by atoms with van der Waals surface area (Å²) in [6.45, 7) is 0. The summed E-state index contributed by atoms with van der Waals surface area (Å²) in [5.74, 6) is 0.561. The summed E-state index contributed by atoms with van der Waals surface area (Å²) < 4.78 is 2.33. The van der Waals surface area contributed by atoms with Crippen molar-refractivity contribution in [1.29, 1.82) is 0 Å². The number of benzene rings is 2. The normalized spacial score (nSPS) is 10.7. The molecule has 0 atom stereocenters. The number of nitrogens with two attached hydrogens (primary N) is 1. The molecule has 0 saturated carbocycles. The molecule has 0 aliphatic carbocycles. The van der Waals surface area contributed by atoms with Crippen LogP contribution >= 0.6 is 27.5 Å². The minimum atomic E-state index is 0.561. The van der Waals surface area contributed by atoms with Gasteiger partial charge in [0.2, 0.25) is 0 Å². The number of aromatic nitrogens is 4. The first-order valence-electron chi connectivity index (χ1n) is 5.76. The van der Waals surface area contributed by atoms with Crippen molar-refractivity contribution >= 4 is 33.2 Å². The molecule has 0 unspecified atom stereocenters. The maximum atomic E-state index is 6.11. The lowest BCUT2D eigenvalue weighted by Gasteiger charge is -2.09. The molecule has 0 aliphatic heterocycles. The van der Waals surface area contributed by atoms with Gasteiger partial charge in [-0.1, -0.05) is 29.8 Å². The molecule has 1 heterocycles. The van der Waals surface area contributed by atoms with E-state index in [0.717, 1.165) is 15.7 Å². The number of nitrogen functional groups attached to an aromatic ring is 1. The molecule has 0 fully saturated rings. The van der Waals surface area contributed by atoms with Crippen LogP contribution in [0.25, 0.3) is 17.1 Å². The molecular formula is C13H9BrClN5. The maximum Gasteiger partial charge on any atom is 0.189 e. The van der Waals surface area contributed by atoms with Crippen LogP contribution in [0.5, 0.6) is 0 Å². The zero-order valence-corrected chi connectivity index (χ0v) is 12.5. The van der Waals surface area contributed by atoms with Crippen LogP contribution in [0.3, 0.4) is 0 Å². The van der Waals surface area contributed by atoms with Crippen molar-refractivity contribution in [2.75, 3.05) is 5.73 Å². The molecule has 0 spiro atoms. The average molecular weight is 351 g/mol. The number of rotatable bonds is 2. The van der Waals surface area contributed by atoms with Crippen LogP contribution in [0.1, 0.15) is 0 Å². The largest absolute Gasteiger partial charge is 0.398 e. The smallest absolute Gasteiger partial charge is 0.189 e. The minimum Gasteiger partial charge on any atom is -0.398 e. The fourth-order valence-electron chi connectivity index (χ4n) is 1.87. The molecule has 0 aliphatic rings. The standard InChI is InChI=1S/C13H9BrClN5/c14-12-9(15)5-3-7-11(12)20-13(17-18-19-20)8-4-1-2-6-10(8)16/h1-7H,16H2. The van der Waals surface area contributed by atoms with E-state index in [-0.39, 0.29) is 0 Å². The van der Waals surface area contributed by atoms with Crippen LogP contribution in [0.4, 0.5) is 5.69 Å². The number of halogens is 2. The second-order valence-electron chi connectivity index (χ2n) is 4.07. The Labute approximate surface area is 128 Å². The van der Waals surface area contributed by atoms with E-state index in [2.05, 4.69) is 31.5 Å². The van der Waals surface area contributed by atoms with E-state index in [1.807, 2.05) is 30.3 Å². The predicted octanol–water partition coefficient (Wildman–Crippen LogP) is 3.33. The van der Waals surface area contributed by atoms with E-state index in [1.165, 1.54) is 0 Å². The highest BCUT2D eigenvalue weighted by Crippen LogP contribution is 2.31. The summed E-state index contributed by atoms with van der Waals surface area (Å²) in [6, 6.07) is 12.9. The fourth-order valence-corrected chi connectivity index (χ4v) is 2.48. The fraction of sp³-hybridized carbons (Fsp3) is 0. The van der Waals surface area contributed by atoms with Crippen molar-refractivity contribution in [3.63, 3.8) is 0 Å². The molecular weight excluding hydrogens is 342 g/mol. The third-order valence-electron chi connectivity index (χ3n) is 2.83. The van der Waals surface area contributed by atoms with Gasteiger partial charge >= 0.3 is 0 Å². The lowest BCUT2D eigenvalue weighted by molar-refractivity contribution is 0.789. The SMILES string of the molecule is Nc1ccccc1-c1nnnn1-c1cccc(Cl)c1Br. The van der Waals surface area contributed by atoms with Crippen molar-refractivity contribution in [1.82, 2.24) is 20.2 Å². The third kappa shape index (κ3) is 2.17. The Morgan fingerprint density at radius 3 is 2.70 bits per heavy atom. The number of para-hydroxylation sites is 1. The van der Waals surface area contributed by atoms with Crippen LogP contribution in [0.15, 0.2) is 46.9 Å². The van der Waals surface area contributed by atoms with Crippen LogP contribution in [-0.2, 0) is 0 Å². The molecule has 2 N–H and O–H groups in total. The molecule has 1 aromatic heterocycles. The van der Waals surface area contributed by atoms with Gasteiger partial charge in [-0.15, -0.1) is 5.10 Å². The van der Waals surface area contributed by atoms with E-state index >= 15 is 0 Å². The lowest BCUT2D eigenvalue weighted by Crippen LogP contribution is -2.02. The second kappa shape index (κ2) is 5.22. The molecule has 0 bridgehead atoms. The van der Waals surface area contributed by atoms with Crippen LogP contribution in [-0.4, -0.2) is 20.2 Å². The monoisotopic (exact) mass is 349 g/mol. The Hall–Kier alpha value is -1.92. The molecule has 0 amide bonds. The van der Waals surface area contributed by atoms with E-state index in [0.29, 0.717) is 16.5 Å². The highest BCUT2D eigenvalue weighted by atomic mass is 79.9. The summed E-state index contributed by atoms with van der Waals surface area (Å²) in [4.78, 5) is 0. The Balaban J connectivity index is 2.21. The number of nitrogens with zero attached hydrogens (tertiary/aromatic N) is 4. The van der Waals surface area contributed by atoms with E-state index < -0.39 is 0 Å². The number of tetrazole rings is 1. The molecule has 2 aromatic carbocycles. The second-order valence-corrected chi connectivity index (χ2v) is 5.27. The van der Waals surface area contributed by atoms with Crippen molar-refractivity contribution in [3.8, 4) is 17.1 Å². The predicted molar refractivity (Wildman–Crippen MR) is 81.7 cm³/mol. The molecule has 3 aromatic rings. The van der Waals surface area contributed by atoms with Gasteiger partial charge < -0.3 is 5.73 Å². The zero-order chi connectivity index (χ0) is 14.1. The van der Waals surface area contributed by atoms with Gasteiger partial charge in [-0.3, -0.25) is 0 Å². The highest BCUT2D eigenvalue weighted by molar-refractivity contribution is 9.10. The quantitative estimate of drug-likeness (QED) is 0.720. The minimum absolute atomic E-state index is 0.561. The Kier molecular flexibility index (Phi) is 3.42.